The number of nitrogens with zero attached hydrogens (tertiary/aromatic N) is 2. The molecule has 1 heterocycles. The van der Waals surface area contributed by atoms with Crippen LogP contribution in [0.4, 0.5) is 0 Å². The van der Waals surface area contributed by atoms with Crippen molar-refractivity contribution in [2.45, 2.75) is 33.7 Å². The van der Waals surface area contributed by atoms with Gasteiger partial charge in [-0.05, 0) is 30.0 Å². The van der Waals surface area contributed by atoms with Crippen LogP contribution in [0, 0.1) is 12.3 Å². The maximum atomic E-state index is 6.13. The molecule has 0 aliphatic carbocycles. The first-order chi connectivity index (χ1) is 9.32. The van der Waals surface area contributed by atoms with Crippen molar-refractivity contribution in [2.24, 2.45) is 11.1 Å². The fourth-order valence-electron chi connectivity index (χ4n) is 1.82. The fourth-order valence-corrected chi connectivity index (χ4v) is 1.82. The number of aromatic nitrogens is 2. The molecule has 108 valence electrons. The topological polar surface area (TPSA) is 74.2 Å². The molecule has 0 aliphatic heterocycles. The van der Waals surface area contributed by atoms with Gasteiger partial charge in [0.1, 0.15) is 5.75 Å². The molecule has 0 bridgehead atoms. The lowest BCUT2D eigenvalue weighted by Crippen LogP contribution is -2.26. The van der Waals surface area contributed by atoms with Crippen molar-refractivity contribution in [3.05, 3.63) is 29.7 Å². The maximum Gasteiger partial charge on any atom is 0.244 e. The van der Waals surface area contributed by atoms with Gasteiger partial charge in [0.15, 0.2) is 0 Å². The monoisotopic (exact) mass is 275 g/mol. The van der Waals surface area contributed by atoms with Crippen LogP contribution >= 0.6 is 0 Å². The van der Waals surface area contributed by atoms with Crippen LogP contribution in [0.5, 0.6) is 5.75 Å². The SMILES string of the molecule is COc1cc(C)ccc1-c1noc(C(N)C(C)(C)C)n1. The van der Waals surface area contributed by atoms with E-state index in [1.807, 2.05) is 45.9 Å². The van der Waals surface area contributed by atoms with E-state index in [1.165, 1.54) is 0 Å². The summed E-state index contributed by atoms with van der Waals surface area (Å²) in [6.45, 7) is 8.11. The van der Waals surface area contributed by atoms with Gasteiger partial charge in [-0.1, -0.05) is 32.0 Å². The molecule has 0 fully saturated rings. The Morgan fingerprint density at radius 3 is 2.60 bits per heavy atom. The van der Waals surface area contributed by atoms with Crippen LogP contribution in [-0.4, -0.2) is 17.3 Å². The van der Waals surface area contributed by atoms with Gasteiger partial charge in [-0.2, -0.15) is 4.98 Å². The first kappa shape index (κ1) is 14.5. The summed E-state index contributed by atoms with van der Waals surface area (Å²) in [6, 6.07) is 5.54. The molecule has 1 unspecified atom stereocenters. The second-order valence-corrected chi connectivity index (χ2v) is 6.00. The average molecular weight is 275 g/mol. The Hall–Kier alpha value is -1.88. The zero-order chi connectivity index (χ0) is 14.9. The van der Waals surface area contributed by atoms with Crippen molar-refractivity contribution >= 4 is 0 Å². The highest BCUT2D eigenvalue weighted by atomic mass is 16.5. The molecule has 0 saturated carbocycles. The molecule has 1 aromatic heterocycles. The molecule has 2 N–H and O–H groups in total. The highest BCUT2D eigenvalue weighted by Crippen LogP contribution is 2.33. The molecule has 0 spiro atoms. The van der Waals surface area contributed by atoms with Crippen molar-refractivity contribution in [2.75, 3.05) is 7.11 Å². The maximum absolute atomic E-state index is 6.13. The van der Waals surface area contributed by atoms with Crippen LogP contribution in [-0.2, 0) is 0 Å². The normalized spacial score (nSPS) is 13.3. The van der Waals surface area contributed by atoms with E-state index in [0.717, 1.165) is 16.9 Å². The number of benzene rings is 1. The highest BCUT2D eigenvalue weighted by Gasteiger charge is 2.28. The molecule has 0 aliphatic rings. The molecule has 2 aromatic rings. The molecular weight excluding hydrogens is 254 g/mol. The van der Waals surface area contributed by atoms with Gasteiger partial charge in [-0.25, -0.2) is 0 Å². The summed E-state index contributed by atoms with van der Waals surface area (Å²) in [4.78, 5) is 4.40. The molecule has 0 radical (unpaired) electrons. The number of hydrogen-bond donors (Lipinski definition) is 1. The Morgan fingerprint density at radius 2 is 2.00 bits per heavy atom. The van der Waals surface area contributed by atoms with Gasteiger partial charge in [-0.3, -0.25) is 0 Å². The zero-order valence-electron chi connectivity index (χ0n) is 12.6. The third kappa shape index (κ3) is 2.82. The summed E-state index contributed by atoms with van der Waals surface area (Å²) >= 11 is 0. The van der Waals surface area contributed by atoms with Gasteiger partial charge in [0, 0.05) is 0 Å². The summed E-state index contributed by atoms with van der Waals surface area (Å²) in [5.41, 5.74) is 7.90. The summed E-state index contributed by atoms with van der Waals surface area (Å²) < 4.78 is 10.7. The molecule has 1 atom stereocenters. The predicted molar refractivity (Wildman–Crippen MR) is 77.4 cm³/mol. The van der Waals surface area contributed by atoms with E-state index in [9.17, 15) is 0 Å². The van der Waals surface area contributed by atoms with Gasteiger partial charge in [-0.15, -0.1) is 0 Å². The Bertz CT molecular complexity index is 599. The summed E-state index contributed by atoms with van der Waals surface area (Å²) in [6.07, 6.45) is 0. The number of aryl methyl sites for hydroxylation is 1. The lowest BCUT2D eigenvalue weighted by molar-refractivity contribution is 0.253. The Labute approximate surface area is 119 Å². The van der Waals surface area contributed by atoms with E-state index < -0.39 is 0 Å². The highest BCUT2D eigenvalue weighted by molar-refractivity contribution is 5.64. The van der Waals surface area contributed by atoms with Gasteiger partial charge >= 0.3 is 0 Å². The smallest absolute Gasteiger partial charge is 0.244 e. The molecular formula is C15H21N3O2. The summed E-state index contributed by atoms with van der Waals surface area (Å²) in [7, 11) is 1.63. The molecule has 1 aromatic carbocycles. The Morgan fingerprint density at radius 1 is 1.30 bits per heavy atom. The standard InChI is InChI=1S/C15H21N3O2/c1-9-6-7-10(11(8-9)19-5)13-17-14(20-18-13)12(16)15(2,3)4/h6-8,12H,16H2,1-5H3. The van der Waals surface area contributed by atoms with Crippen molar-refractivity contribution in [1.82, 2.24) is 10.1 Å². The van der Waals surface area contributed by atoms with Crippen molar-refractivity contribution in [3.8, 4) is 17.1 Å². The zero-order valence-corrected chi connectivity index (χ0v) is 12.6. The third-order valence-electron chi connectivity index (χ3n) is 3.24. The number of methoxy groups -OCH3 is 1. The molecule has 5 heteroatoms. The van der Waals surface area contributed by atoms with Crippen molar-refractivity contribution in [3.63, 3.8) is 0 Å². The summed E-state index contributed by atoms with van der Waals surface area (Å²) in [5, 5.41) is 4.01. The summed E-state index contributed by atoms with van der Waals surface area (Å²) in [5.74, 6) is 1.66. The predicted octanol–water partition coefficient (Wildman–Crippen LogP) is 3.10. The van der Waals surface area contributed by atoms with E-state index in [0.29, 0.717) is 11.7 Å². The third-order valence-corrected chi connectivity index (χ3v) is 3.24. The minimum atomic E-state index is -0.305. The van der Waals surface area contributed by atoms with Gasteiger partial charge in [0.25, 0.3) is 0 Å². The van der Waals surface area contributed by atoms with Crippen LogP contribution < -0.4 is 10.5 Å². The van der Waals surface area contributed by atoms with Crippen molar-refractivity contribution in [1.29, 1.82) is 0 Å². The molecule has 5 nitrogen and oxygen atoms in total. The van der Waals surface area contributed by atoms with E-state index in [2.05, 4.69) is 10.1 Å². The quantitative estimate of drug-likeness (QED) is 0.931. The molecule has 20 heavy (non-hydrogen) atoms. The van der Waals surface area contributed by atoms with E-state index in [4.69, 9.17) is 15.0 Å². The van der Waals surface area contributed by atoms with Crippen molar-refractivity contribution < 1.29 is 9.26 Å². The number of nitrogens with two attached hydrogens (primary N) is 1. The van der Waals surface area contributed by atoms with E-state index in [-0.39, 0.29) is 11.5 Å². The van der Waals surface area contributed by atoms with Crippen LogP contribution in [0.15, 0.2) is 22.7 Å². The fraction of sp³-hybridized carbons (Fsp3) is 0.467. The van der Waals surface area contributed by atoms with Crippen LogP contribution in [0.25, 0.3) is 11.4 Å². The lowest BCUT2D eigenvalue weighted by Gasteiger charge is -2.23. The molecule has 0 saturated heterocycles. The molecule has 0 amide bonds. The first-order valence-electron chi connectivity index (χ1n) is 6.57. The molecule has 2 rings (SSSR count). The van der Waals surface area contributed by atoms with Crippen LogP contribution in [0.1, 0.15) is 38.3 Å². The number of rotatable bonds is 3. The van der Waals surface area contributed by atoms with Gasteiger partial charge in [0.05, 0.1) is 18.7 Å². The first-order valence-corrected chi connectivity index (χ1v) is 6.57. The van der Waals surface area contributed by atoms with Crippen LogP contribution in [0.2, 0.25) is 0 Å². The Kier molecular flexibility index (Phi) is 3.81. The number of ether oxygens (including phenoxy) is 1. The van der Waals surface area contributed by atoms with E-state index >= 15 is 0 Å². The van der Waals surface area contributed by atoms with E-state index in [1.54, 1.807) is 7.11 Å². The minimum absolute atomic E-state index is 0.138. The second-order valence-electron chi connectivity index (χ2n) is 6.00. The minimum Gasteiger partial charge on any atom is -0.496 e. The van der Waals surface area contributed by atoms with Gasteiger partial charge < -0.3 is 15.0 Å². The van der Waals surface area contributed by atoms with Crippen LogP contribution in [0.3, 0.4) is 0 Å². The number of hydrogen-bond acceptors (Lipinski definition) is 5. The largest absolute Gasteiger partial charge is 0.496 e. The second kappa shape index (κ2) is 5.25. The average Bonchev–Trinajstić information content (AvgIpc) is 2.85. The van der Waals surface area contributed by atoms with Gasteiger partial charge in [0.2, 0.25) is 11.7 Å². The lowest BCUT2D eigenvalue weighted by atomic mass is 9.87. The Balaban J connectivity index is 2.39.